The second-order valence-electron chi connectivity index (χ2n) is 6.95. The zero-order valence-electron chi connectivity index (χ0n) is 16.4. The van der Waals surface area contributed by atoms with Crippen LogP contribution in [0.25, 0.3) is 38.9 Å². The van der Waals surface area contributed by atoms with Gasteiger partial charge in [-0.2, -0.15) is 0 Å². The molecular weight excluding hydrogens is 377 g/mol. The first-order chi connectivity index (χ1) is 14.5. The van der Waals surface area contributed by atoms with Crippen LogP contribution in [-0.4, -0.2) is 16.2 Å². The molecule has 0 saturated heterocycles. The normalized spacial score (nSPS) is 11.6. The first kappa shape index (κ1) is 19.3. The van der Waals surface area contributed by atoms with E-state index in [1.807, 2.05) is 31.2 Å². The van der Waals surface area contributed by atoms with Gasteiger partial charge in [0.2, 0.25) is 0 Å². The van der Waals surface area contributed by atoms with Crippen LogP contribution in [0.2, 0.25) is 0 Å². The van der Waals surface area contributed by atoms with E-state index in [-0.39, 0.29) is 11.6 Å². The molecule has 0 aliphatic heterocycles. The van der Waals surface area contributed by atoms with Gasteiger partial charge in [-0.3, -0.25) is 4.98 Å². The number of fused-ring (bicyclic) bond motifs is 1. The number of allylic oxidation sites excluding steroid dienone is 1. The third kappa shape index (κ3) is 3.39. The summed E-state index contributed by atoms with van der Waals surface area (Å²) in [5.74, 6) is -0.0774. The second kappa shape index (κ2) is 7.75. The number of benzene rings is 2. The maximum atomic E-state index is 13.5. The number of nitrogens with one attached hydrogen (secondary N) is 1. The molecule has 30 heavy (non-hydrogen) atoms. The topological polar surface area (TPSA) is 102 Å². The quantitative estimate of drug-likeness (QED) is 0.424. The van der Waals surface area contributed by atoms with E-state index in [4.69, 9.17) is 16.9 Å². The summed E-state index contributed by atoms with van der Waals surface area (Å²) in [5.41, 5.74) is 18.0. The molecule has 0 unspecified atom stereocenters. The van der Waals surface area contributed by atoms with Crippen LogP contribution < -0.4 is 11.5 Å². The third-order valence-corrected chi connectivity index (χ3v) is 5.09. The average Bonchev–Trinajstić information content (AvgIpc) is 2.76. The molecule has 5 nitrogen and oxygen atoms in total. The summed E-state index contributed by atoms with van der Waals surface area (Å²) >= 11 is 0. The van der Waals surface area contributed by atoms with Gasteiger partial charge in [-0.1, -0.05) is 6.07 Å². The highest BCUT2D eigenvalue weighted by atomic mass is 19.1. The van der Waals surface area contributed by atoms with E-state index < -0.39 is 0 Å². The van der Waals surface area contributed by atoms with Crippen molar-refractivity contribution in [3.05, 3.63) is 83.9 Å². The summed E-state index contributed by atoms with van der Waals surface area (Å²) in [6.07, 6.45) is 4.26. The Morgan fingerprint density at radius 2 is 1.77 bits per heavy atom. The Bertz CT molecular complexity index is 1290. The lowest BCUT2D eigenvalue weighted by molar-refractivity contribution is 0.628. The number of anilines is 1. The molecule has 6 heteroatoms. The largest absolute Gasteiger partial charge is 0.404 e. The number of halogens is 1. The minimum atomic E-state index is -0.325. The number of rotatable bonds is 4. The Morgan fingerprint density at radius 3 is 2.47 bits per heavy atom. The fraction of sp³-hybridized carbons (Fsp3) is 0.0417. The fourth-order valence-corrected chi connectivity index (χ4v) is 3.47. The van der Waals surface area contributed by atoms with Gasteiger partial charge in [0.25, 0.3) is 0 Å². The number of pyridine rings is 2. The number of nitrogen functional groups attached to an aromatic ring is 1. The van der Waals surface area contributed by atoms with Crippen molar-refractivity contribution in [1.82, 2.24) is 9.97 Å². The zero-order chi connectivity index (χ0) is 21.3. The van der Waals surface area contributed by atoms with Gasteiger partial charge in [-0.05, 0) is 66.6 Å². The molecule has 0 spiro atoms. The van der Waals surface area contributed by atoms with E-state index in [9.17, 15) is 4.39 Å². The lowest BCUT2D eigenvalue weighted by atomic mass is 9.94. The van der Waals surface area contributed by atoms with Gasteiger partial charge in [-0.25, -0.2) is 9.37 Å². The Kier molecular flexibility index (Phi) is 4.98. The van der Waals surface area contributed by atoms with Crippen molar-refractivity contribution < 1.29 is 4.39 Å². The maximum absolute atomic E-state index is 13.5. The molecule has 4 aromatic rings. The number of aromatic nitrogens is 2. The molecule has 0 amide bonds. The van der Waals surface area contributed by atoms with Crippen LogP contribution in [-0.2, 0) is 0 Å². The number of hydrogen-bond donors (Lipinski definition) is 3. The van der Waals surface area contributed by atoms with Crippen molar-refractivity contribution in [1.29, 1.82) is 5.41 Å². The van der Waals surface area contributed by atoms with Gasteiger partial charge in [0.1, 0.15) is 11.6 Å². The number of hydrogen-bond acceptors (Lipinski definition) is 5. The Balaban J connectivity index is 2.02. The first-order valence-corrected chi connectivity index (χ1v) is 9.36. The fourth-order valence-electron chi connectivity index (χ4n) is 3.47. The molecule has 0 saturated carbocycles. The minimum Gasteiger partial charge on any atom is -0.404 e. The van der Waals surface area contributed by atoms with Crippen LogP contribution in [0.1, 0.15) is 11.1 Å². The Morgan fingerprint density at radius 1 is 1.03 bits per heavy atom. The Labute approximate surface area is 173 Å². The molecule has 0 aliphatic carbocycles. The highest BCUT2D eigenvalue weighted by molar-refractivity contribution is 6.10. The zero-order valence-corrected chi connectivity index (χ0v) is 16.4. The predicted molar refractivity (Wildman–Crippen MR) is 120 cm³/mol. The van der Waals surface area contributed by atoms with Crippen molar-refractivity contribution in [2.45, 2.75) is 6.92 Å². The van der Waals surface area contributed by atoms with Gasteiger partial charge in [0.05, 0.1) is 11.2 Å². The van der Waals surface area contributed by atoms with E-state index >= 15 is 0 Å². The highest BCUT2D eigenvalue weighted by Crippen LogP contribution is 2.36. The van der Waals surface area contributed by atoms with Crippen molar-refractivity contribution >= 4 is 28.5 Å². The van der Waals surface area contributed by atoms with E-state index in [0.717, 1.165) is 39.4 Å². The van der Waals surface area contributed by atoms with Crippen molar-refractivity contribution in [2.75, 3.05) is 5.73 Å². The molecule has 4 rings (SSSR count). The monoisotopic (exact) mass is 397 g/mol. The highest BCUT2D eigenvalue weighted by Gasteiger charge is 2.16. The van der Waals surface area contributed by atoms with Crippen molar-refractivity contribution in [2.24, 2.45) is 5.73 Å². The standard InChI is InChI=1S/C24H20FN5/c1-14-8-9-29-22-7-4-16(10-19(14)22)20-11-21(17(12-26)13-27)24(28)30-23(20)15-2-5-18(25)6-3-15/h2-13,26H,27H2,1H3,(H2,28,30)/b17-13+,26-12?. The average molecular weight is 397 g/mol. The molecular formula is C24H20FN5. The molecule has 5 N–H and O–H groups in total. The summed E-state index contributed by atoms with van der Waals surface area (Å²) in [6.45, 7) is 2.03. The molecule has 148 valence electrons. The van der Waals surface area contributed by atoms with Crippen LogP contribution >= 0.6 is 0 Å². The molecule has 0 bridgehead atoms. The number of aryl methyl sites for hydroxylation is 1. The van der Waals surface area contributed by atoms with Crippen LogP contribution in [0.3, 0.4) is 0 Å². The van der Waals surface area contributed by atoms with E-state index in [2.05, 4.69) is 16.0 Å². The van der Waals surface area contributed by atoms with E-state index in [0.29, 0.717) is 16.8 Å². The Hall–Kier alpha value is -4.06. The first-order valence-electron chi connectivity index (χ1n) is 9.36. The molecule has 2 aromatic carbocycles. The molecule has 0 aliphatic rings. The van der Waals surface area contributed by atoms with Gasteiger partial charge >= 0.3 is 0 Å². The van der Waals surface area contributed by atoms with Crippen LogP contribution in [0.5, 0.6) is 0 Å². The van der Waals surface area contributed by atoms with Gasteiger partial charge in [0, 0.05) is 46.3 Å². The minimum absolute atomic E-state index is 0.247. The molecule has 0 fully saturated rings. The van der Waals surface area contributed by atoms with Crippen molar-refractivity contribution in [3.63, 3.8) is 0 Å². The number of nitrogens with zero attached hydrogens (tertiary/aromatic N) is 2. The third-order valence-electron chi connectivity index (χ3n) is 5.09. The summed E-state index contributed by atoms with van der Waals surface area (Å²) in [7, 11) is 0. The molecule has 0 radical (unpaired) electrons. The smallest absolute Gasteiger partial charge is 0.132 e. The number of nitrogens with two attached hydrogens (primary N) is 2. The van der Waals surface area contributed by atoms with Gasteiger partial charge in [-0.15, -0.1) is 0 Å². The second-order valence-corrected chi connectivity index (χ2v) is 6.95. The van der Waals surface area contributed by atoms with Gasteiger partial charge in [0.15, 0.2) is 0 Å². The predicted octanol–water partition coefficient (Wildman–Crippen LogP) is 4.94. The van der Waals surface area contributed by atoms with E-state index in [1.165, 1.54) is 18.3 Å². The van der Waals surface area contributed by atoms with Crippen LogP contribution in [0.15, 0.2) is 67.0 Å². The van der Waals surface area contributed by atoms with Crippen molar-refractivity contribution in [3.8, 4) is 22.4 Å². The lowest BCUT2D eigenvalue weighted by Crippen LogP contribution is -2.03. The molecule has 0 atom stereocenters. The summed E-state index contributed by atoms with van der Waals surface area (Å²) in [6, 6.07) is 15.9. The summed E-state index contributed by atoms with van der Waals surface area (Å²) in [5, 5.41) is 8.67. The van der Waals surface area contributed by atoms with Crippen LogP contribution in [0, 0.1) is 18.2 Å². The van der Waals surface area contributed by atoms with Gasteiger partial charge < -0.3 is 16.9 Å². The molecule has 2 aromatic heterocycles. The summed E-state index contributed by atoms with van der Waals surface area (Å²) in [4.78, 5) is 9.03. The van der Waals surface area contributed by atoms with E-state index in [1.54, 1.807) is 18.3 Å². The SMILES string of the molecule is Cc1ccnc2ccc(-c3cc(/C(C=N)=C/N)c(N)nc3-c3ccc(F)cc3)cc12. The maximum Gasteiger partial charge on any atom is 0.132 e. The molecule has 2 heterocycles. The summed E-state index contributed by atoms with van der Waals surface area (Å²) < 4.78 is 13.5. The lowest BCUT2D eigenvalue weighted by Gasteiger charge is -2.15. The van der Waals surface area contributed by atoms with Crippen LogP contribution in [0.4, 0.5) is 10.2 Å².